The van der Waals surface area contributed by atoms with Gasteiger partial charge in [-0.2, -0.15) is 0 Å². The minimum Gasteiger partial charge on any atom is -0.309 e. The van der Waals surface area contributed by atoms with Crippen molar-refractivity contribution in [2.24, 2.45) is 0 Å². The first kappa shape index (κ1) is 8.38. The van der Waals surface area contributed by atoms with E-state index in [1.165, 1.54) is 12.1 Å². The Bertz CT molecular complexity index is 358. The van der Waals surface area contributed by atoms with Gasteiger partial charge in [0, 0.05) is 24.7 Å². The summed E-state index contributed by atoms with van der Waals surface area (Å²) >= 11 is 0. The number of nitrogens with one attached hydrogen (secondary N) is 1. The quantitative estimate of drug-likeness (QED) is 0.698. The molecule has 0 aromatic heterocycles. The third-order valence-electron chi connectivity index (χ3n) is 2.09. The van der Waals surface area contributed by atoms with Crippen LogP contribution < -0.4 is 5.32 Å². The molecule has 0 fully saturated rings. The molecule has 0 atom stereocenters. The topological polar surface area (TPSA) is 12.0 Å². The second kappa shape index (κ2) is 3.26. The predicted octanol–water partition coefficient (Wildman–Crippen LogP) is 1.95. The van der Waals surface area contributed by atoms with Crippen LogP contribution in [-0.2, 0) is 0 Å². The Balaban J connectivity index is 2.40. The van der Waals surface area contributed by atoms with E-state index >= 15 is 0 Å². The number of halogens is 2. The van der Waals surface area contributed by atoms with Crippen LogP contribution in [0, 0.1) is 11.6 Å². The van der Waals surface area contributed by atoms with Crippen molar-refractivity contribution in [3.63, 3.8) is 0 Å². The van der Waals surface area contributed by atoms with E-state index < -0.39 is 11.6 Å². The van der Waals surface area contributed by atoms with Crippen molar-refractivity contribution in [3.05, 3.63) is 41.5 Å². The second-order valence-electron chi connectivity index (χ2n) is 2.98. The van der Waals surface area contributed by atoms with Crippen molar-refractivity contribution in [1.29, 1.82) is 0 Å². The monoisotopic (exact) mass is 181 g/mol. The van der Waals surface area contributed by atoms with Gasteiger partial charge in [0.05, 0.1) is 0 Å². The highest BCUT2D eigenvalue weighted by Gasteiger charge is 2.11. The smallest absolute Gasteiger partial charge is 0.133 e. The maximum Gasteiger partial charge on any atom is 0.133 e. The molecule has 68 valence electrons. The van der Waals surface area contributed by atoms with Crippen LogP contribution in [0.3, 0.4) is 0 Å². The Morgan fingerprint density at radius 3 is 2.69 bits per heavy atom. The molecule has 1 aliphatic rings. The molecule has 1 aromatic rings. The third-order valence-corrected chi connectivity index (χ3v) is 2.09. The van der Waals surface area contributed by atoms with Crippen LogP contribution in [-0.4, -0.2) is 13.1 Å². The Morgan fingerprint density at radius 2 is 2.08 bits per heavy atom. The largest absolute Gasteiger partial charge is 0.309 e. The van der Waals surface area contributed by atoms with Gasteiger partial charge in [-0.15, -0.1) is 0 Å². The van der Waals surface area contributed by atoms with Crippen LogP contribution >= 0.6 is 0 Å². The van der Waals surface area contributed by atoms with E-state index in [1.807, 2.05) is 6.08 Å². The highest BCUT2D eigenvalue weighted by molar-refractivity contribution is 5.69. The summed E-state index contributed by atoms with van der Waals surface area (Å²) in [6.07, 6.45) is 1.91. The molecule has 0 amide bonds. The lowest BCUT2D eigenvalue weighted by Gasteiger charge is -2.03. The fraction of sp³-hybridized carbons (Fsp3) is 0.200. The fourth-order valence-electron chi connectivity index (χ4n) is 1.43. The second-order valence-corrected chi connectivity index (χ2v) is 2.98. The van der Waals surface area contributed by atoms with Gasteiger partial charge >= 0.3 is 0 Å². The molecule has 0 saturated heterocycles. The minimum absolute atomic E-state index is 0.491. The summed E-state index contributed by atoms with van der Waals surface area (Å²) in [5, 5.41) is 3.06. The average molecular weight is 181 g/mol. The first-order valence-electron chi connectivity index (χ1n) is 4.12. The van der Waals surface area contributed by atoms with Crippen molar-refractivity contribution < 1.29 is 8.78 Å². The van der Waals surface area contributed by atoms with Crippen molar-refractivity contribution in [1.82, 2.24) is 5.32 Å². The van der Waals surface area contributed by atoms with Gasteiger partial charge in [0.1, 0.15) is 11.6 Å². The number of hydrogen-bond donors (Lipinski definition) is 1. The van der Waals surface area contributed by atoms with E-state index in [-0.39, 0.29) is 0 Å². The van der Waals surface area contributed by atoms with E-state index in [0.717, 1.165) is 18.2 Å². The molecule has 13 heavy (non-hydrogen) atoms. The van der Waals surface area contributed by atoms with Crippen LogP contribution in [0.2, 0.25) is 0 Å². The maximum absolute atomic E-state index is 13.2. The zero-order valence-electron chi connectivity index (χ0n) is 6.98. The predicted molar refractivity (Wildman–Crippen MR) is 47.2 cm³/mol. The summed E-state index contributed by atoms with van der Waals surface area (Å²) < 4.78 is 25.8. The zero-order valence-corrected chi connectivity index (χ0v) is 6.98. The van der Waals surface area contributed by atoms with Crippen LogP contribution in [0.25, 0.3) is 5.57 Å². The molecule has 0 unspecified atom stereocenters. The molecular weight excluding hydrogens is 172 g/mol. The highest BCUT2D eigenvalue weighted by atomic mass is 19.1. The van der Waals surface area contributed by atoms with Gasteiger partial charge in [-0.3, -0.25) is 0 Å². The van der Waals surface area contributed by atoms with Gasteiger partial charge < -0.3 is 5.32 Å². The molecule has 1 nitrogen and oxygen atoms in total. The van der Waals surface area contributed by atoms with Crippen LogP contribution in [0.4, 0.5) is 8.78 Å². The van der Waals surface area contributed by atoms with Crippen molar-refractivity contribution >= 4 is 5.57 Å². The van der Waals surface area contributed by atoms with Gasteiger partial charge in [-0.1, -0.05) is 6.08 Å². The van der Waals surface area contributed by atoms with E-state index in [2.05, 4.69) is 5.32 Å². The number of hydrogen-bond acceptors (Lipinski definition) is 1. The lowest BCUT2D eigenvalue weighted by atomic mass is 10.1. The Labute approximate surface area is 75.1 Å². The summed E-state index contributed by atoms with van der Waals surface area (Å²) in [5.74, 6) is -1.03. The lowest BCUT2D eigenvalue weighted by Crippen LogP contribution is -2.08. The molecule has 0 spiro atoms. The maximum atomic E-state index is 13.2. The van der Waals surface area contributed by atoms with Crippen LogP contribution in [0.5, 0.6) is 0 Å². The van der Waals surface area contributed by atoms with Crippen molar-refractivity contribution in [2.45, 2.75) is 0 Å². The van der Waals surface area contributed by atoms with E-state index in [1.54, 1.807) is 0 Å². The molecule has 1 heterocycles. The average Bonchev–Trinajstić information content (AvgIpc) is 2.56. The van der Waals surface area contributed by atoms with Crippen molar-refractivity contribution in [2.75, 3.05) is 13.1 Å². The van der Waals surface area contributed by atoms with Gasteiger partial charge in [0.15, 0.2) is 0 Å². The first-order valence-corrected chi connectivity index (χ1v) is 4.12. The fourth-order valence-corrected chi connectivity index (χ4v) is 1.43. The third kappa shape index (κ3) is 1.60. The normalized spacial score (nSPS) is 16.0. The molecule has 1 aromatic carbocycles. The molecule has 1 N–H and O–H groups in total. The van der Waals surface area contributed by atoms with Crippen molar-refractivity contribution in [3.8, 4) is 0 Å². The van der Waals surface area contributed by atoms with Crippen LogP contribution in [0.1, 0.15) is 5.56 Å². The van der Waals surface area contributed by atoms with Crippen LogP contribution in [0.15, 0.2) is 24.3 Å². The summed E-state index contributed by atoms with van der Waals surface area (Å²) in [7, 11) is 0. The SMILES string of the molecule is Fc1ccc(C2=CCNC2)c(F)c1. The van der Waals surface area contributed by atoms with Gasteiger partial charge in [-0.25, -0.2) is 8.78 Å². The summed E-state index contributed by atoms with van der Waals surface area (Å²) in [5.41, 5.74) is 1.39. The van der Waals surface area contributed by atoms with E-state index in [9.17, 15) is 8.78 Å². The number of benzene rings is 1. The summed E-state index contributed by atoms with van der Waals surface area (Å²) in [6, 6.07) is 3.66. The molecule has 2 rings (SSSR count). The first-order chi connectivity index (χ1) is 6.27. The molecule has 0 saturated carbocycles. The van der Waals surface area contributed by atoms with E-state index in [4.69, 9.17) is 0 Å². The zero-order chi connectivity index (χ0) is 9.26. The van der Waals surface area contributed by atoms with Gasteiger partial charge in [-0.05, 0) is 17.7 Å². The minimum atomic E-state index is -0.534. The molecule has 0 radical (unpaired) electrons. The summed E-state index contributed by atoms with van der Waals surface area (Å²) in [4.78, 5) is 0. The van der Waals surface area contributed by atoms with E-state index in [0.29, 0.717) is 12.1 Å². The Hall–Kier alpha value is -1.22. The molecule has 1 aliphatic heterocycles. The molecule has 3 heteroatoms. The molecule has 0 aliphatic carbocycles. The highest BCUT2D eigenvalue weighted by Crippen LogP contribution is 2.20. The molecular formula is C10H9F2N. The number of rotatable bonds is 1. The Kier molecular flexibility index (Phi) is 2.10. The Morgan fingerprint density at radius 1 is 1.23 bits per heavy atom. The van der Waals surface area contributed by atoms with Gasteiger partial charge in [0.2, 0.25) is 0 Å². The standard InChI is InChI=1S/C10H9F2N/c11-8-1-2-9(10(12)5-8)7-3-4-13-6-7/h1-3,5,13H,4,6H2. The van der Waals surface area contributed by atoms with Gasteiger partial charge in [0.25, 0.3) is 0 Å². The summed E-state index contributed by atoms with van der Waals surface area (Å²) in [6.45, 7) is 1.41. The molecule has 0 bridgehead atoms. The lowest BCUT2D eigenvalue weighted by molar-refractivity contribution is 0.580.